The molecule has 4 nitrogen and oxygen atoms in total. The van der Waals surface area contributed by atoms with E-state index in [4.69, 9.17) is 0 Å². The molecule has 0 aliphatic heterocycles. The predicted molar refractivity (Wildman–Crippen MR) is 123 cm³/mol. The lowest BCUT2D eigenvalue weighted by molar-refractivity contribution is 0.447. The Morgan fingerprint density at radius 2 is 1.00 bits per heavy atom. The van der Waals surface area contributed by atoms with Gasteiger partial charge in [-0.05, 0) is 82.8 Å². The van der Waals surface area contributed by atoms with Gasteiger partial charge >= 0.3 is 0 Å². The van der Waals surface area contributed by atoms with E-state index in [2.05, 4.69) is 6.92 Å². The van der Waals surface area contributed by atoms with E-state index in [0.717, 1.165) is 27.8 Å². The van der Waals surface area contributed by atoms with Crippen molar-refractivity contribution in [2.24, 2.45) is 0 Å². The highest BCUT2D eigenvalue weighted by Crippen LogP contribution is 2.59. The molecule has 0 saturated heterocycles. The van der Waals surface area contributed by atoms with Crippen LogP contribution in [-0.4, -0.2) is 20.4 Å². The van der Waals surface area contributed by atoms with Gasteiger partial charge in [-0.2, -0.15) is 0 Å². The summed E-state index contributed by atoms with van der Waals surface area (Å²) in [6, 6.07) is 27.0. The van der Waals surface area contributed by atoms with Crippen LogP contribution >= 0.6 is 0 Å². The van der Waals surface area contributed by atoms with Gasteiger partial charge in [0.15, 0.2) is 0 Å². The van der Waals surface area contributed by atoms with Crippen molar-refractivity contribution in [1.29, 1.82) is 0 Å². The van der Waals surface area contributed by atoms with Crippen LogP contribution in [-0.2, 0) is 10.8 Å². The first-order valence-corrected chi connectivity index (χ1v) is 10.6. The van der Waals surface area contributed by atoms with Crippen LogP contribution in [0.25, 0.3) is 0 Å². The highest BCUT2D eigenvalue weighted by Gasteiger charge is 2.52. The Morgan fingerprint density at radius 1 is 0.531 bits per heavy atom. The summed E-state index contributed by atoms with van der Waals surface area (Å²) in [7, 11) is 0. The summed E-state index contributed by atoms with van der Waals surface area (Å²) < 4.78 is 0. The molecule has 1 atom stereocenters. The van der Waals surface area contributed by atoms with Crippen molar-refractivity contribution in [3.05, 3.63) is 119 Å². The van der Waals surface area contributed by atoms with Crippen LogP contribution in [0, 0.1) is 0 Å². The third kappa shape index (κ3) is 2.91. The molecule has 4 aromatic carbocycles. The third-order valence-electron chi connectivity index (χ3n) is 6.84. The van der Waals surface area contributed by atoms with Crippen LogP contribution in [0.1, 0.15) is 41.2 Å². The SMILES string of the molecule is CC1(c2cccc(O)c2)CC(c2cccc(O)c2)(c2cccc(O)c2)c2ccc(O)cc21. The lowest BCUT2D eigenvalue weighted by atomic mass is 9.67. The number of aromatic hydroxyl groups is 4. The molecule has 0 saturated carbocycles. The van der Waals surface area contributed by atoms with Crippen LogP contribution in [0.5, 0.6) is 23.0 Å². The zero-order chi connectivity index (χ0) is 22.5. The summed E-state index contributed by atoms with van der Waals surface area (Å²) in [5, 5.41) is 41.3. The van der Waals surface area contributed by atoms with Gasteiger partial charge in [-0.25, -0.2) is 0 Å². The molecule has 4 aromatic rings. The molecule has 0 spiro atoms. The van der Waals surface area contributed by atoms with Gasteiger partial charge < -0.3 is 20.4 Å². The topological polar surface area (TPSA) is 80.9 Å². The Hall–Kier alpha value is -3.92. The van der Waals surface area contributed by atoms with E-state index in [0.29, 0.717) is 6.42 Å². The van der Waals surface area contributed by atoms with Crippen molar-refractivity contribution in [3.8, 4) is 23.0 Å². The highest BCUT2D eigenvalue weighted by atomic mass is 16.3. The van der Waals surface area contributed by atoms with E-state index < -0.39 is 10.8 Å². The van der Waals surface area contributed by atoms with Crippen LogP contribution in [0.15, 0.2) is 91.0 Å². The van der Waals surface area contributed by atoms with Crippen LogP contribution in [0.3, 0.4) is 0 Å². The molecule has 1 aliphatic carbocycles. The highest BCUT2D eigenvalue weighted by molar-refractivity contribution is 5.64. The summed E-state index contributed by atoms with van der Waals surface area (Å²) in [6.45, 7) is 2.10. The first kappa shape index (κ1) is 20.0. The Bertz CT molecular complexity index is 1280. The first-order valence-electron chi connectivity index (χ1n) is 10.6. The normalized spacial score (nSPS) is 18.9. The molecular formula is C28H24O4. The molecule has 4 N–H and O–H groups in total. The monoisotopic (exact) mass is 424 g/mol. The van der Waals surface area contributed by atoms with E-state index in [1.807, 2.05) is 42.5 Å². The van der Waals surface area contributed by atoms with Crippen molar-refractivity contribution >= 4 is 0 Å². The summed E-state index contributed by atoms with van der Waals surface area (Å²) in [4.78, 5) is 0. The molecular weight excluding hydrogens is 400 g/mol. The van der Waals surface area contributed by atoms with Gasteiger partial charge in [-0.3, -0.25) is 0 Å². The molecule has 32 heavy (non-hydrogen) atoms. The largest absolute Gasteiger partial charge is 0.508 e. The van der Waals surface area contributed by atoms with Gasteiger partial charge in [0.05, 0.1) is 0 Å². The van der Waals surface area contributed by atoms with Gasteiger partial charge in [-0.1, -0.05) is 49.4 Å². The van der Waals surface area contributed by atoms with Crippen molar-refractivity contribution in [3.63, 3.8) is 0 Å². The third-order valence-corrected chi connectivity index (χ3v) is 6.84. The minimum atomic E-state index is -0.694. The van der Waals surface area contributed by atoms with Crippen LogP contribution in [0.2, 0.25) is 0 Å². The molecule has 0 radical (unpaired) electrons. The Labute approximate surface area is 186 Å². The summed E-state index contributed by atoms with van der Waals surface area (Å²) >= 11 is 0. The lowest BCUT2D eigenvalue weighted by Gasteiger charge is -2.35. The number of benzene rings is 4. The minimum Gasteiger partial charge on any atom is -0.508 e. The van der Waals surface area contributed by atoms with Crippen LogP contribution < -0.4 is 0 Å². The molecule has 0 aromatic heterocycles. The quantitative estimate of drug-likeness (QED) is 0.347. The van der Waals surface area contributed by atoms with E-state index in [9.17, 15) is 20.4 Å². The second kappa shape index (κ2) is 7.06. The first-order chi connectivity index (χ1) is 15.3. The van der Waals surface area contributed by atoms with E-state index >= 15 is 0 Å². The van der Waals surface area contributed by atoms with Crippen molar-refractivity contribution in [2.45, 2.75) is 24.2 Å². The average molecular weight is 424 g/mol. The average Bonchev–Trinajstić information content (AvgIpc) is 3.04. The van der Waals surface area contributed by atoms with E-state index in [-0.39, 0.29) is 23.0 Å². The molecule has 0 bridgehead atoms. The number of phenolic OH excluding ortho intramolecular Hbond substituents is 4. The summed E-state index contributed by atoms with van der Waals surface area (Å²) in [5.74, 6) is 0.664. The van der Waals surface area contributed by atoms with Crippen molar-refractivity contribution < 1.29 is 20.4 Å². The molecule has 0 amide bonds. The summed E-state index contributed by atoms with van der Waals surface area (Å²) in [6.07, 6.45) is 0.579. The van der Waals surface area contributed by atoms with Gasteiger partial charge in [0, 0.05) is 10.8 Å². The number of fused-ring (bicyclic) bond motifs is 1. The maximum absolute atomic E-state index is 10.4. The smallest absolute Gasteiger partial charge is 0.115 e. The van der Waals surface area contributed by atoms with Crippen molar-refractivity contribution in [1.82, 2.24) is 0 Å². The summed E-state index contributed by atoms with van der Waals surface area (Å²) in [5.41, 5.74) is 3.38. The zero-order valence-corrected chi connectivity index (χ0v) is 17.7. The predicted octanol–water partition coefficient (Wildman–Crippen LogP) is 5.55. The molecule has 0 heterocycles. The van der Waals surface area contributed by atoms with Gasteiger partial charge in [0.25, 0.3) is 0 Å². The van der Waals surface area contributed by atoms with Gasteiger partial charge in [0.2, 0.25) is 0 Å². The van der Waals surface area contributed by atoms with E-state index in [1.54, 1.807) is 48.5 Å². The number of hydrogen-bond acceptors (Lipinski definition) is 4. The Morgan fingerprint density at radius 3 is 1.53 bits per heavy atom. The number of rotatable bonds is 3. The standard InChI is InChI=1S/C28H24O4/c1-27(18-5-2-8-21(29)13-18)17-28(19-6-3-9-22(30)14-19,20-7-4-10-23(31)15-20)25-12-11-24(32)16-26(25)27/h2-16,29-32H,17H2,1H3. The lowest BCUT2D eigenvalue weighted by Crippen LogP contribution is -2.30. The second-order valence-electron chi connectivity index (χ2n) is 8.80. The fourth-order valence-electron chi connectivity index (χ4n) is 5.41. The molecule has 1 aliphatic rings. The molecule has 160 valence electrons. The van der Waals surface area contributed by atoms with Gasteiger partial charge in [0.1, 0.15) is 23.0 Å². The Balaban J connectivity index is 1.88. The molecule has 1 unspecified atom stereocenters. The fraction of sp³-hybridized carbons (Fsp3) is 0.143. The van der Waals surface area contributed by atoms with Crippen LogP contribution in [0.4, 0.5) is 0 Å². The van der Waals surface area contributed by atoms with E-state index in [1.165, 1.54) is 0 Å². The van der Waals surface area contributed by atoms with Crippen molar-refractivity contribution in [2.75, 3.05) is 0 Å². The second-order valence-corrected chi connectivity index (χ2v) is 8.80. The number of hydrogen-bond donors (Lipinski definition) is 4. The minimum absolute atomic E-state index is 0.160. The Kier molecular flexibility index (Phi) is 4.41. The number of phenols is 4. The molecule has 5 rings (SSSR count). The zero-order valence-electron chi connectivity index (χ0n) is 17.7. The molecule has 0 fully saturated rings. The fourth-order valence-corrected chi connectivity index (χ4v) is 5.41. The molecule has 4 heteroatoms. The van der Waals surface area contributed by atoms with Gasteiger partial charge in [-0.15, -0.1) is 0 Å². The maximum Gasteiger partial charge on any atom is 0.115 e. The maximum atomic E-state index is 10.4.